The normalized spacial score (nSPS) is 10.3. The molecule has 0 aliphatic heterocycles. The molecule has 26 heavy (non-hydrogen) atoms. The van der Waals surface area contributed by atoms with Gasteiger partial charge in [0.05, 0.1) is 49.6 Å². The van der Waals surface area contributed by atoms with Crippen LogP contribution in [0.4, 0.5) is 5.69 Å². The van der Waals surface area contributed by atoms with Gasteiger partial charge in [-0.3, -0.25) is 4.79 Å². The zero-order valence-electron chi connectivity index (χ0n) is 12.9. The van der Waals surface area contributed by atoms with Crippen LogP contribution in [-0.4, -0.2) is 30.1 Å². The van der Waals surface area contributed by atoms with Gasteiger partial charge in [0.25, 0.3) is 5.91 Å². The molecule has 2 rings (SSSR count). The Labute approximate surface area is 167 Å². The maximum absolute atomic E-state index is 12.7. The first-order valence-electron chi connectivity index (χ1n) is 6.78. The maximum Gasteiger partial charge on any atom is 0.339 e. The van der Waals surface area contributed by atoms with Crippen LogP contribution in [-0.2, 0) is 4.74 Å². The van der Waals surface area contributed by atoms with Gasteiger partial charge in [-0.2, -0.15) is 0 Å². The minimum Gasteiger partial charge on any atom is -0.478 e. The monoisotopic (exact) mass is 435 g/mol. The van der Waals surface area contributed by atoms with Crippen LogP contribution >= 0.6 is 46.4 Å². The van der Waals surface area contributed by atoms with Crippen LogP contribution < -0.4 is 5.32 Å². The number of methoxy groups -OCH3 is 1. The minimum absolute atomic E-state index is 0.0579. The predicted molar refractivity (Wildman–Crippen MR) is 99.2 cm³/mol. The molecule has 136 valence electrons. The van der Waals surface area contributed by atoms with E-state index in [0.29, 0.717) is 0 Å². The van der Waals surface area contributed by atoms with Crippen molar-refractivity contribution in [3.05, 3.63) is 61.0 Å². The standard InChI is InChI=1S/C16H9Cl4NO5/c1-26-16(25)6-4-2-3-5-7(6)21-14(22)8-9(15(23)24)11(18)13(20)12(19)10(8)17/h2-5H,1H3,(H,21,22)(H,23,24). The van der Waals surface area contributed by atoms with Crippen LogP contribution in [0, 0.1) is 0 Å². The number of hydrogen-bond donors (Lipinski definition) is 2. The number of anilines is 1. The predicted octanol–water partition coefficient (Wildman–Crippen LogP) is 5.04. The number of benzene rings is 2. The number of ether oxygens (including phenoxy) is 1. The molecule has 0 heterocycles. The van der Waals surface area contributed by atoms with Gasteiger partial charge in [-0.15, -0.1) is 0 Å². The highest BCUT2D eigenvalue weighted by atomic mass is 35.5. The Morgan fingerprint density at radius 2 is 1.46 bits per heavy atom. The average molecular weight is 437 g/mol. The Balaban J connectivity index is 2.59. The summed E-state index contributed by atoms with van der Waals surface area (Å²) in [6.45, 7) is 0. The van der Waals surface area contributed by atoms with Gasteiger partial charge in [0.1, 0.15) is 0 Å². The van der Waals surface area contributed by atoms with Crippen LogP contribution in [0.1, 0.15) is 31.1 Å². The highest BCUT2D eigenvalue weighted by molar-refractivity contribution is 6.54. The first kappa shape index (κ1) is 20.3. The number of hydrogen-bond acceptors (Lipinski definition) is 4. The summed E-state index contributed by atoms with van der Waals surface area (Å²) >= 11 is 23.7. The van der Waals surface area contributed by atoms with Gasteiger partial charge in [-0.1, -0.05) is 58.5 Å². The Hall–Kier alpha value is -1.99. The molecule has 0 aliphatic carbocycles. The number of nitrogens with one attached hydrogen (secondary N) is 1. The van der Waals surface area contributed by atoms with E-state index in [1.807, 2.05) is 0 Å². The van der Waals surface area contributed by atoms with Crippen LogP contribution in [0.15, 0.2) is 24.3 Å². The second kappa shape index (κ2) is 8.14. The van der Waals surface area contributed by atoms with Crippen LogP contribution in [0.5, 0.6) is 0 Å². The van der Waals surface area contributed by atoms with E-state index in [2.05, 4.69) is 10.1 Å². The highest BCUT2D eigenvalue weighted by Gasteiger charge is 2.29. The molecule has 0 unspecified atom stereocenters. The molecular weight excluding hydrogens is 428 g/mol. The number of carbonyl (C=O) groups excluding carboxylic acids is 2. The third kappa shape index (κ3) is 3.73. The summed E-state index contributed by atoms with van der Waals surface area (Å²) in [6, 6.07) is 5.97. The molecule has 6 nitrogen and oxygen atoms in total. The Kier molecular flexibility index (Phi) is 6.36. The zero-order chi connectivity index (χ0) is 19.6. The number of carbonyl (C=O) groups is 3. The van der Waals surface area contributed by atoms with Crippen LogP contribution in [0.25, 0.3) is 0 Å². The summed E-state index contributed by atoms with van der Waals surface area (Å²) in [4.78, 5) is 36.0. The summed E-state index contributed by atoms with van der Waals surface area (Å²) in [7, 11) is 1.18. The minimum atomic E-state index is -1.53. The molecule has 0 spiro atoms. The van der Waals surface area contributed by atoms with Crippen molar-refractivity contribution >= 4 is 69.9 Å². The van der Waals surface area contributed by atoms with Crippen molar-refractivity contribution < 1.29 is 24.2 Å². The van der Waals surface area contributed by atoms with Gasteiger partial charge < -0.3 is 15.2 Å². The van der Waals surface area contributed by atoms with E-state index in [1.54, 1.807) is 12.1 Å². The van der Waals surface area contributed by atoms with Crippen LogP contribution in [0.3, 0.4) is 0 Å². The summed E-state index contributed by atoms with van der Waals surface area (Å²) in [5.74, 6) is -3.16. The van der Waals surface area contributed by atoms with Gasteiger partial charge in [0.15, 0.2) is 0 Å². The molecular formula is C16H9Cl4NO5. The molecule has 1 amide bonds. The number of amides is 1. The summed E-state index contributed by atoms with van der Waals surface area (Å²) in [5.41, 5.74) is -0.959. The average Bonchev–Trinajstić information content (AvgIpc) is 2.62. The molecule has 2 aromatic carbocycles. The topological polar surface area (TPSA) is 92.7 Å². The first-order chi connectivity index (χ1) is 12.2. The van der Waals surface area contributed by atoms with E-state index in [4.69, 9.17) is 46.4 Å². The smallest absolute Gasteiger partial charge is 0.339 e. The molecule has 0 aliphatic rings. The first-order valence-corrected chi connectivity index (χ1v) is 8.29. The van der Waals surface area contributed by atoms with E-state index in [-0.39, 0.29) is 26.3 Å². The molecule has 0 radical (unpaired) electrons. The summed E-state index contributed by atoms with van der Waals surface area (Å²) in [6.07, 6.45) is 0. The SMILES string of the molecule is COC(=O)c1ccccc1NC(=O)c1c(Cl)c(Cl)c(Cl)c(Cl)c1C(=O)O. The van der Waals surface area contributed by atoms with E-state index in [1.165, 1.54) is 19.2 Å². The molecule has 0 aromatic heterocycles. The van der Waals surface area contributed by atoms with E-state index in [0.717, 1.165) is 0 Å². The number of para-hydroxylation sites is 1. The second-order valence-electron chi connectivity index (χ2n) is 4.80. The van der Waals surface area contributed by atoms with Crippen molar-refractivity contribution in [2.75, 3.05) is 12.4 Å². The zero-order valence-corrected chi connectivity index (χ0v) is 15.9. The van der Waals surface area contributed by atoms with Crippen molar-refractivity contribution in [3.8, 4) is 0 Å². The quantitative estimate of drug-likeness (QED) is 0.398. The van der Waals surface area contributed by atoms with Crippen molar-refractivity contribution in [1.82, 2.24) is 0 Å². The number of esters is 1. The Morgan fingerprint density at radius 1 is 0.923 bits per heavy atom. The fraction of sp³-hybridized carbons (Fsp3) is 0.0625. The van der Waals surface area contributed by atoms with E-state index >= 15 is 0 Å². The van der Waals surface area contributed by atoms with Crippen molar-refractivity contribution in [3.63, 3.8) is 0 Å². The van der Waals surface area contributed by atoms with Crippen molar-refractivity contribution in [1.29, 1.82) is 0 Å². The number of aromatic carboxylic acids is 1. The molecule has 2 aromatic rings. The third-order valence-corrected chi connectivity index (χ3v) is 5.09. The lowest BCUT2D eigenvalue weighted by molar-refractivity contribution is 0.0601. The van der Waals surface area contributed by atoms with Crippen molar-refractivity contribution in [2.24, 2.45) is 0 Å². The van der Waals surface area contributed by atoms with Gasteiger partial charge in [-0.05, 0) is 12.1 Å². The van der Waals surface area contributed by atoms with E-state index in [9.17, 15) is 19.5 Å². The highest BCUT2D eigenvalue weighted by Crippen LogP contribution is 2.41. The number of rotatable bonds is 4. The lowest BCUT2D eigenvalue weighted by Gasteiger charge is -2.15. The number of carboxylic acid groups (broad SMARTS) is 1. The fourth-order valence-corrected chi connectivity index (χ4v) is 3.13. The van der Waals surface area contributed by atoms with Gasteiger partial charge in [0.2, 0.25) is 0 Å². The molecule has 2 N–H and O–H groups in total. The maximum atomic E-state index is 12.7. The van der Waals surface area contributed by atoms with E-state index < -0.39 is 34.0 Å². The molecule has 0 saturated carbocycles. The summed E-state index contributed by atoms with van der Waals surface area (Å²) in [5, 5.41) is 10.4. The molecule has 0 saturated heterocycles. The third-order valence-electron chi connectivity index (χ3n) is 3.29. The fourth-order valence-electron chi connectivity index (χ4n) is 2.11. The Morgan fingerprint density at radius 3 is 2.00 bits per heavy atom. The Bertz CT molecular complexity index is 929. The molecule has 0 bridgehead atoms. The lowest BCUT2D eigenvalue weighted by atomic mass is 10.1. The van der Waals surface area contributed by atoms with Gasteiger partial charge >= 0.3 is 11.9 Å². The largest absolute Gasteiger partial charge is 0.478 e. The van der Waals surface area contributed by atoms with Gasteiger partial charge in [0, 0.05) is 0 Å². The van der Waals surface area contributed by atoms with Gasteiger partial charge in [-0.25, -0.2) is 9.59 Å². The lowest BCUT2D eigenvalue weighted by Crippen LogP contribution is -2.20. The van der Waals surface area contributed by atoms with Crippen molar-refractivity contribution in [2.45, 2.75) is 0 Å². The molecule has 0 atom stereocenters. The second-order valence-corrected chi connectivity index (χ2v) is 6.31. The van der Waals surface area contributed by atoms with Crippen LogP contribution in [0.2, 0.25) is 20.1 Å². The number of halogens is 4. The summed E-state index contributed by atoms with van der Waals surface area (Å²) < 4.78 is 4.63. The number of carboxylic acids is 1. The molecule has 0 fully saturated rings. The molecule has 10 heteroatoms.